The van der Waals surface area contributed by atoms with Crippen molar-refractivity contribution in [2.75, 3.05) is 7.11 Å². The maximum atomic E-state index is 6.88. The summed E-state index contributed by atoms with van der Waals surface area (Å²) >= 11 is 6.88. The third-order valence-corrected chi connectivity index (χ3v) is 11.8. The molecule has 0 atom stereocenters. The molecule has 0 N–H and O–H groups in total. The Hall–Kier alpha value is -2.44. The Morgan fingerprint density at radius 3 is 1.25 bits per heavy atom. The summed E-state index contributed by atoms with van der Waals surface area (Å²) in [6.45, 7) is -3.52. The molecule has 0 bridgehead atoms. The molecule has 0 saturated carbocycles. The fourth-order valence-corrected chi connectivity index (χ4v) is 10.5. The maximum absolute atomic E-state index is 6.88. The first kappa shape index (κ1) is 18.9. The Kier molecular flexibility index (Phi) is 5.08. The summed E-state index contributed by atoms with van der Waals surface area (Å²) in [5.74, 6) is 0. The van der Waals surface area contributed by atoms with Crippen molar-refractivity contribution in [1.29, 1.82) is 0 Å². The molecule has 4 aromatic rings. The van der Waals surface area contributed by atoms with E-state index in [1.165, 1.54) is 0 Å². The van der Waals surface area contributed by atoms with Gasteiger partial charge in [0.25, 0.3) is 0 Å². The third kappa shape index (κ3) is 2.55. The van der Waals surface area contributed by atoms with Gasteiger partial charge in [-0.3, -0.25) is 0 Å². The van der Waals surface area contributed by atoms with E-state index >= 15 is 0 Å². The topological polar surface area (TPSA) is 9.23 Å². The van der Waals surface area contributed by atoms with Crippen molar-refractivity contribution in [3.05, 3.63) is 120 Å². The summed E-state index contributed by atoms with van der Waals surface area (Å²) in [6, 6.07) is 39.5. The van der Waals surface area contributed by atoms with Gasteiger partial charge in [-0.1, -0.05) is 0 Å². The number of rotatable bonds is 5. The normalized spacial score (nSPS) is 12.9. The van der Waals surface area contributed by atoms with Gasteiger partial charge in [-0.15, -0.1) is 0 Å². The van der Waals surface area contributed by atoms with Gasteiger partial charge in [-0.05, 0) is 0 Å². The molecule has 28 heavy (non-hydrogen) atoms. The zero-order valence-corrected chi connectivity index (χ0v) is 17.4. The quantitative estimate of drug-likeness (QED) is 0.423. The van der Waals surface area contributed by atoms with Crippen molar-refractivity contribution in [3.63, 3.8) is 0 Å². The van der Waals surface area contributed by atoms with Crippen LogP contribution in [0.5, 0.6) is 0 Å². The van der Waals surface area contributed by atoms with E-state index in [0.29, 0.717) is 5.02 Å². The second-order valence-corrected chi connectivity index (χ2v) is 11.6. The molecule has 0 amide bonds. The van der Waals surface area contributed by atoms with E-state index in [0.717, 1.165) is 21.2 Å². The molecule has 0 fully saturated rings. The van der Waals surface area contributed by atoms with Crippen molar-refractivity contribution in [1.82, 2.24) is 0 Å². The third-order valence-electron chi connectivity index (χ3n) is 5.42. The Morgan fingerprint density at radius 1 is 0.536 bits per heavy atom. The van der Waals surface area contributed by atoms with E-state index in [4.69, 9.17) is 16.1 Å². The molecule has 3 heteroatoms. The van der Waals surface area contributed by atoms with Crippen molar-refractivity contribution >= 4 is 39.6 Å². The van der Waals surface area contributed by atoms with Gasteiger partial charge in [0.2, 0.25) is 0 Å². The summed E-state index contributed by atoms with van der Waals surface area (Å²) < 4.78 is 6.80. The van der Waals surface area contributed by atoms with Gasteiger partial charge >= 0.3 is 172 Å². The summed E-state index contributed by atoms with van der Waals surface area (Å²) in [7, 11) is 1.81. The molecule has 1 nitrogen and oxygen atoms in total. The molecule has 0 aromatic heterocycles. The molecule has 4 rings (SSSR count). The van der Waals surface area contributed by atoms with Crippen LogP contribution in [0.1, 0.15) is 0 Å². The number of hydrogen-bond acceptors (Lipinski definition) is 1. The second-order valence-electron chi connectivity index (χ2n) is 6.68. The van der Waals surface area contributed by atoms with Gasteiger partial charge in [-0.2, -0.15) is 0 Å². The average Bonchev–Trinajstić information content (AvgIpc) is 2.78. The van der Waals surface area contributed by atoms with Crippen LogP contribution in [0.2, 0.25) is 5.02 Å². The summed E-state index contributed by atoms with van der Waals surface area (Å²) in [5.41, 5.74) is 0. The molecular formula is C25H22ClOP. The standard InChI is InChI=1S/C25H22ClOP/c1-27-28(21-13-5-2-6-14-21,22-15-7-3-8-16-22,23-17-9-4-10-18-23)25-20-12-11-19-24(25)26/h2-20H,1H3. The number of benzene rings is 4. The summed E-state index contributed by atoms with van der Waals surface area (Å²) in [6.07, 6.45) is 0. The van der Waals surface area contributed by atoms with E-state index in [2.05, 4.69) is 78.9 Å². The minimum absolute atomic E-state index is 0.707. The van der Waals surface area contributed by atoms with Crippen LogP contribution in [0.15, 0.2) is 115 Å². The predicted octanol–water partition coefficient (Wildman–Crippen LogP) is 5.06. The molecule has 0 spiro atoms. The molecule has 0 aliphatic heterocycles. The zero-order valence-electron chi connectivity index (χ0n) is 15.7. The van der Waals surface area contributed by atoms with Crippen LogP contribution in [0.3, 0.4) is 0 Å². The molecule has 0 aliphatic carbocycles. The Morgan fingerprint density at radius 2 is 0.893 bits per heavy atom. The van der Waals surface area contributed by atoms with Crippen LogP contribution in [0.4, 0.5) is 0 Å². The van der Waals surface area contributed by atoms with E-state index in [1.54, 1.807) is 0 Å². The van der Waals surface area contributed by atoms with Crippen molar-refractivity contribution in [3.8, 4) is 0 Å². The van der Waals surface area contributed by atoms with E-state index in [9.17, 15) is 0 Å². The Labute approximate surface area is 171 Å². The molecule has 0 aliphatic rings. The van der Waals surface area contributed by atoms with Crippen LogP contribution < -0.4 is 21.2 Å². The first-order valence-electron chi connectivity index (χ1n) is 9.23. The van der Waals surface area contributed by atoms with E-state index < -0.39 is 6.83 Å². The number of halogens is 1. The zero-order chi connectivity index (χ0) is 19.5. The summed E-state index contributed by atoms with van der Waals surface area (Å²) in [4.78, 5) is 0. The molecular weight excluding hydrogens is 383 g/mol. The van der Waals surface area contributed by atoms with Crippen LogP contribution in [-0.4, -0.2) is 7.11 Å². The molecule has 0 unspecified atom stereocenters. The van der Waals surface area contributed by atoms with Crippen molar-refractivity contribution in [2.45, 2.75) is 0 Å². The minimum atomic E-state index is -3.52. The fourth-order valence-electron chi connectivity index (χ4n) is 4.21. The monoisotopic (exact) mass is 404 g/mol. The SMILES string of the molecule is COP(c1ccccc1)(c1ccccc1)(c1ccccc1)c1ccccc1Cl. The van der Waals surface area contributed by atoms with Gasteiger partial charge in [0.05, 0.1) is 0 Å². The molecule has 140 valence electrons. The van der Waals surface area contributed by atoms with Crippen LogP contribution in [-0.2, 0) is 4.52 Å². The van der Waals surface area contributed by atoms with Crippen LogP contribution >= 0.6 is 18.4 Å². The average molecular weight is 405 g/mol. The van der Waals surface area contributed by atoms with Gasteiger partial charge in [-0.25, -0.2) is 0 Å². The number of hydrogen-bond donors (Lipinski definition) is 0. The van der Waals surface area contributed by atoms with Gasteiger partial charge in [0.15, 0.2) is 0 Å². The summed E-state index contributed by atoms with van der Waals surface area (Å²) in [5, 5.41) is 5.10. The fraction of sp³-hybridized carbons (Fsp3) is 0.0400. The van der Waals surface area contributed by atoms with Crippen LogP contribution in [0, 0.1) is 0 Å². The van der Waals surface area contributed by atoms with Crippen molar-refractivity contribution < 1.29 is 4.52 Å². The van der Waals surface area contributed by atoms with E-state index in [-0.39, 0.29) is 0 Å². The van der Waals surface area contributed by atoms with Gasteiger partial charge in [0, 0.05) is 0 Å². The van der Waals surface area contributed by atoms with E-state index in [1.807, 2.05) is 43.5 Å². The molecule has 0 saturated heterocycles. The molecule has 0 radical (unpaired) electrons. The Bertz CT molecular complexity index is 966. The van der Waals surface area contributed by atoms with Crippen LogP contribution in [0.25, 0.3) is 0 Å². The van der Waals surface area contributed by atoms with Crippen molar-refractivity contribution in [2.24, 2.45) is 0 Å². The Balaban J connectivity index is 2.31. The molecule has 4 aromatic carbocycles. The first-order chi connectivity index (χ1) is 13.7. The van der Waals surface area contributed by atoms with Gasteiger partial charge in [0.1, 0.15) is 0 Å². The predicted molar refractivity (Wildman–Crippen MR) is 123 cm³/mol. The second kappa shape index (κ2) is 7.53. The first-order valence-corrected chi connectivity index (χ1v) is 11.8. The molecule has 0 heterocycles. The van der Waals surface area contributed by atoms with Gasteiger partial charge < -0.3 is 0 Å².